The third kappa shape index (κ3) is 5.12. The van der Waals surface area contributed by atoms with Gasteiger partial charge < -0.3 is 14.4 Å². The van der Waals surface area contributed by atoms with E-state index >= 15 is 0 Å². The van der Waals surface area contributed by atoms with Crippen LogP contribution in [-0.4, -0.2) is 18.2 Å². The summed E-state index contributed by atoms with van der Waals surface area (Å²) in [5.41, 5.74) is 2.11. The number of ether oxygens (including phenoxy) is 2. The van der Waals surface area contributed by atoms with E-state index in [1.807, 2.05) is 41.3 Å². The van der Waals surface area contributed by atoms with E-state index in [1.54, 1.807) is 18.5 Å². The zero-order valence-electron chi connectivity index (χ0n) is 14.5. The lowest BCUT2D eigenvalue weighted by Crippen LogP contribution is -2.17. The minimum absolute atomic E-state index is 0.376. The maximum Gasteiger partial charge on any atom is 0.387 e. The highest BCUT2D eigenvalue weighted by atomic mass is 19.3. The lowest BCUT2D eigenvalue weighted by molar-refractivity contribution is -0.0692. The molecule has 28 heavy (non-hydrogen) atoms. The van der Waals surface area contributed by atoms with Crippen LogP contribution in [0, 0.1) is 0 Å². The molecule has 0 radical (unpaired) electrons. The first-order valence-electron chi connectivity index (χ1n) is 8.28. The van der Waals surface area contributed by atoms with E-state index in [2.05, 4.69) is 14.5 Å². The molecule has 0 amide bonds. The molecule has 1 aromatic heterocycles. The van der Waals surface area contributed by atoms with Crippen LogP contribution in [0.2, 0.25) is 0 Å². The smallest absolute Gasteiger partial charge is 0.387 e. The van der Waals surface area contributed by atoms with Gasteiger partial charge in [0.05, 0.1) is 0 Å². The van der Waals surface area contributed by atoms with E-state index < -0.39 is 24.7 Å². The highest BCUT2D eigenvalue weighted by Crippen LogP contribution is 2.37. The lowest BCUT2D eigenvalue weighted by Gasteiger charge is -2.26. The SMILES string of the molecule is FC(F)Oc1ccc(N(Cc2cccnc2)c2ccccc2)cc1OC(F)F. The molecule has 2 aromatic carbocycles. The second-order valence-electron chi connectivity index (χ2n) is 5.67. The highest BCUT2D eigenvalue weighted by Gasteiger charge is 2.18. The first-order chi connectivity index (χ1) is 13.5. The molecule has 0 aliphatic carbocycles. The molecule has 0 bridgehead atoms. The van der Waals surface area contributed by atoms with Crippen molar-refractivity contribution in [2.75, 3.05) is 4.90 Å². The third-order valence-corrected chi connectivity index (χ3v) is 3.80. The van der Waals surface area contributed by atoms with Crippen molar-refractivity contribution in [3.05, 3.63) is 78.6 Å². The number of aromatic nitrogens is 1. The summed E-state index contributed by atoms with van der Waals surface area (Å²) in [6.45, 7) is -5.97. The Bertz CT molecular complexity index is 880. The van der Waals surface area contributed by atoms with Gasteiger partial charge in [0.2, 0.25) is 0 Å². The Kier molecular flexibility index (Phi) is 6.31. The molecule has 0 saturated heterocycles. The second kappa shape index (κ2) is 9.07. The van der Waals surface area contributed by atoms with E-state index in [9.17, 15) is 17.6 Å². The van der Waals surface area contributed by atoms with Gasteiger partial charge in [0.15, 0.2) is 11.5 Å². The van der Waals surface area contributed by atoms with Crippen LogP contribution in [-0.2, 0) is 6.54 Å². The Morgan fingerprint density at radius 1 is 0.786 bits per heavy atom. The van der Waals surface area contributed by atoms with Gasteiger partial charge in [-0.2, -0.15) is 17.6 Å². The molecule has 8 heteroatoms. The van der Waals surface area contributed by atoms with Crippen molar-refractivity contribution in [2.24, 2.45) is 0 Å². The summed E-state index contributed by atoms with van der Waals surface area (Å²) in [7, 11) is 0. The molecule has 0 N–H and O–H groups in total. The van der Waals surface area contributed by atoms with Crippen molar-refractivity contribution in [2.45, 2.75) is 19.8 Å². The number of nitrogens with zero attached hydrogens (tertiary/aromatic N) is 2. The minimum atomic E-state index is -3.18. The third-order valence-electron chi connectivity index (χ3n) is 3.80. The molecule has 0 fully saturated rings. The fourth-order valence-corrected chi connectivity index (χ4v) is 2.66. The normalized spacial score (nSPS) is 10.9. The zero-order valence-corrected chi connectivity index (χ0v) is 14.5. The summed E-state index contributed by atoms with van der Waals surface area (Å²) >= 11 is 0. The average Bonchev–Trinajstić information content (AvgIpc) is 2.68. The van der Waals surface area contributed by atoms with E-state index in [0.29, 0.717) is 12.2 Å². The maximum absolute atomic E-state index is 12.8. The van der Waals surface area contributed by atoms with Crippen LogP contribution >= 0.6 is 0 Å². The minimum Gasteiger partial charge on any atom is -0.431 e. The number of halogens is 4. The standard InChI is InChI=1S/C20H16F4N2O2/c21-19(22)27-17-9-8-16(11-18(17)28-20(23)24)26(15-6-2-1-3-7-15)13-14-5-4-10-25-12-14/h1-12,19-20H,13H2. The van der Waals surface area contributed by atoms with Crippen LogP contribution in [0.15, 0.2) is 73.1 Å². The molecule has 3 rings (SSSR count). The molecule has 4 nitrogen and oxygen atoms in total. The number of rotatable bonds is 8. The van der Waals surface area contributed by atoms with Gasteiger partial charge in [-0.15, -0.1) is 0 Å². The second-order valence-corrected chi connectivity index (χ2v) is 5.67. The van der Waals surface area contributed by atoms with E-state index in [-0.39, 0.29) is 0 Å². The number of benzene rings is 2. The van der Waals surface area contributed by atoms with Crippen molar-refractivity contribution >= 4 is 11.4 Å². The molecule has 0 aliphatic rings. The van der Waals surface area contributed by atoms with E-state index in [1.165, 1.54) is 18.2 Å². The molecule has 0 aliphatic heterocycles. The highest BCUT2D eigenvalue weighted by molar-refractivity contribution is 5.66. The zero-order chi connectivity index (χ0) is 19.9. The number of hydrogen-bond donors (Lipinski definition) is 0. The first kappa shape index (κ1) is 19.5. The first-order valence-corrected chi connectivity index (χ1v) is 8.28. The molecular weight excluding hydrogens is 376 g/mol. The van der Waals surface area contributed by atoms with Gasteiger partial charge in [-0.25, -0.2) is 0 Å². The Morgan fingerprint density at radius 2 is 1.50 bits per heavy atom. The predicted octanol–water partition coefficient (Wildman–Crippen LogP) is 5.62. The van der Waals surface area contributed by atoms with Crippen molar-refractivity contribution in [3.8, 4) is 11.5 Å². The maximum atomic E-state index is 12.8. The van der Waals surface area contributed by atoms with Gasteiger partial charge in [-0.1, -0.05) is 24.3 Å². The molecule has 146 valence electrons. The molecule has 0 unspecified atom stereocenters. The Morgan fingerprint density at radius 3 is 2.14 bits per heavy atom. The van der Waals surface area contributed by atoms with Crippen LogP contribution in [0.5, 0.6) is 11.5 Å². The van der Waals surface area contributed by atoms with E-state index in [4.69, 9.17) is 0 Å². The molecular formula is C20H16F4N2O2. The number of pyridine rings is 1. The Hall–Kier alpha value is -3.29. The van der Waals surface area contributed by atoms with Gasteiger partial charge in [0.25, 0.3) is 0 Å². The van der Waals surface area contributed by atoms with Crippen LogP contribution in [0.4, 0.5) is 28.9 Å². The molecule has 1 heterocycles. The summed E-state index contributed by atoms with van der Waals surface area (Å²) in [5, 5.41) is 0. The number of para-hydroxylation sites is 1. The van der Waals surface area contributed by atoms with Gasteiger partial charge >= 0.3 is 13.2 Å². The van der Waals surface area contributed by atoms with Crippen LogP contribution in [0.25, 0.3) is 0 Å². The Balaban J connectivity index is 2.01. The van der Waals surface area contributed by atoms with Gasteiger partial charge in [0, 0.05) is 36.4 Å². The fraction of sp³-hybridized carbons (Fsp3) is 0.150. The largest absolute Gasteiger partial charge is 0.431 e. The molecule has 0 atom stereocenters. The predicted molar refractivity (Wildman–Crippen MR) is 96.2 cm³/mol. The van der Waals surface area contributed by atoms with Gasteiger partial charge in [-0.05, 0) is 35.9 Å². The molecule has 3 aromatic rings. The van der Waals surface area contributed by atoms with Crippen molar-refractivity contribution in [3.63, 3.8) is 0 Å². The van der Waals surface area contributed by atoms with Crippen LogP contribution in [0.3, 0.4) is 0 Å². The average molecular weight is 392 g/mol. The lowest BCUT2D eigenvalue weighted by atomic mass is 10.2. The summed E-state index contributed by atoms with van der Waals surface area (Å²) in [6.07, 6.45) is 3.32. The summed E-state index contributed by atoms with van der Waals surface area (Å²) in [4.78, 5) is 5.90. The van der Waals surface area contributed by atoms with Crippen molar-refractivity contribution < 1.29 is 27.0 Å². The van der Waals surface area contributed by atoms with Gasteiger partial charge in [-0.3, -0.25) is 4.98 Å². The van der Waals surface area contributed by atoms with Crippen molar-refractivity contribution in [1.29, 1.82) is 0 Å². The fourth-order valence-electron chi connectivity index (χ4n) is 2.66. The number of alkyl halides is 4. The quantitative estimate of drug-likeness (QED) is 0.466. The van der Waals surface area contributed by atoms with E-state index in [0.717, 1.165) is 11.3 Å². The monoisotopic (exact) mass is 392 g/mol. The number of anilines is 2. The Labute approximate surface area is 159 Å². The van der Waals surface area contributed by atoms with Crippen molar-refractivity contribution in [1.82, 2.24) is 4.98 Å². The summed E-state index contributed by atoms with van der Waals surface area (Å²) in [6, 6.07) is 16.8. The summed E-state index contributed by atoms with van der Waals surface area (Å²) < 4.78 is 59.3. The van der Waals surface area contributed by atoms with Crippen LogP contribution in [0.1, 0.15) is 5.56 Å². The topological polar surface area (TPSA) is 34.6 Å². The summed E-state index contributed by atoms with van der Waals surface area (Å²) in [5.74, 6) is -0.937. The van der Waals surface area contributed by atoms with Gasteiger partial charge in [0.1, 0.15) is 0 Å². The molecule has 0 spiro atoms. The molecule has 0 saturated carbocycles. The van der Waals surface area contributed by atoms with Crippen LogP contribution < -0.4 is 14.4 Å². The number of hydrogen-bond acceptors (Lipinski definition) is 4.